The molecule has 1 amide bonds. The number of nitrogens with zero attached hydrogens (tertiary/aromatic N) is 6. The van der Waals surface area contributed by atoms with Gasteiger partial charge >= 0.3 is 12.0 Å². The summed E-state index contributed by atoms with van der Waals surface area (Å²) in [7, 11) is 3.03. The number of aryl methyl sites for hydroxylation is 1. The molecule has 1 saturated carbocycles. The third-order valence-electron chi connectivity index (χ3n) is 8.44. The second-order valence-corrected chi connectivity index (χ2v) is 12.3. The molecule has 10 nitrogen and oxygen atoms in total. The Kier molecular flexibility index (Phi) is 7.68. The monoisotopic (exact) mass is 642 g/mol. The van der Waals surface area contributed by atoms with E-state index in [0.29, 0.717) is 11.0 Å². The molecule has 4 heterocycles. The average molecular weight is 644 g/mol. The number of carbonyl (C=O) groups is 2. The number of methoxy groups -OCH3 is 2. The molecule has 4 aromatic rings. The Hall–Kier alpha value is -4.25. The molecular weight excluding hydrogens is 612 g/mol. The van der Waals surface area contributed by atoms with Crippen molar-refractivity contribution < 1.29 is 19.1 Å². The summed E-state index contributed by atoms with van der Waals surface area (Å²) in [5, 5.41) is 0. The van der Waals surface area contributed by atoms with Gasteiger partial charge in [-0.2, -0.15) is 0 Å². The van der Waals surface area contributed by atoms with Crippen LogP contribution in [0.15, 0.2) is 59.7 Å². The number of likely N-dealkylation sites (tertiary alicyclic amines) is 1. The number of ether oxygens (including phenoxy) is 2. The Morgan fingerprint density at radius 3 is 2.02 bits per heavy atom. The van der Waals surface area contributed by atoms with Gasteiger partial charge in [-0.25, -0.2) is 24.9 Å². The van der Waals surface area contributed by atoms with Gasteiger partial charge in [0.25, 0.3) is 0 Å². The van der Waals surface area contributed by atoms with Gasteiger partial charge in [-0.15, -0.1) is 0 Å². The van der Waals surface area contributed by atoms with Gasteiger partial charge < -0.3 is 14.4 Å². The molecule has 2 aliphatic rings. The lowest BCUT2D eigenvalue weighted by molar-refractivity contribution is -0.138. The van der Waals surface area contributed by atoms with E-state index in [4.69, 9.17) is 9.47 Å². The summed E-state index contributed by atoms with van der Waals surface area (Å²) in [6.45, 7) is 4.12. The maximum atomic E-state index is 14.0. The zero-order valence-electron chi connectivity index (χ0n) is 24.4. The number of halogens is 1. The van der Waals surface area contributed by atoms with Crippen LogP contribution in [-0.2, 0) is 22.4 Å². The van der Waals surface area contributed by atoms with Crippen molar-refractivity contribution in [2.45, 2.75) is 51.6 Å². The first-order chi connectivity index (χ1) is 20.7. The molecule has 0 spiro atoms. The van der Waals surface area contributed by atoms with Gasteiger partial charge in [-0.05, 0) is 75.5 Å². The topological polar surface area (TPSA) is 120 Å². The van der Waals surface area contributed by atoms with E-state index in [-0.39, 0.29) is 48.0 Å². The fourth-order valence-corrected chi connectivity index (χ4v) is 6.30. The van der Waals surface area contributed by atoms with E-state index in [2.05, 4.69) is 47.8 Å². The maximum absolute atomic E-state index is 14.0. The molecule has 0 radical (unpaired) electrons. The molecular formula is C32H31BrN6O4. The van der Waals surface area contributed by atoms with Crippen LogP contribution in [0.25, 0.3) is 22.3 Å². The fourth-order valence-electron chi connectivity index (χ4n) is 5.95. The summed E-state index contributed by atoms with van der Waals surface area (Å²) in [4.78, 5) is 51.0. The van der Waals surface area contributed by atoms with Gasteiger partial charge in [0.2, 0.25) is 5.91 Å². The third kappa shape index (κ3) is 5.86. The maximum Gasteiger partial charge on any atom is 0.316 e. The molecule has 6 rings (SSSR count). The minimum absolute atomic E-state index is 0.0238. The van der Waals surface area contributed by atoms with Crippen molar-refractivity contribution in [3.63, 3.8) is 0 Å². The molecule has 3 aromatic heterocycles. The summed E-state index contributed by atoms with van der Waals surface area (Å²) in [6, 6.07) is 9.86. The molecule has 1 saturated heterocycles. The first-order valence-corrected chi connectivity index (χ1v) is 14.8. The molecule has 0 N–H and O–H groups in total. The second kappa shape index (κ2) is 11.4. The number of carbonyl (C=O) groups excluding carboxylic acids is 2. The van der Waals surface area contributed by atoms with E-state index in [1.54, 1.807) is 24.8 Å². The number of amides is 1. The summed E-state index contributed by atoms with van der Waals surface area (Å²) in [6.07, 6.45) is 8.65. The van der Waals surface area contributed by atoms with Crippen LogP contribution in [-0.4, -0.2) is 67.8 Å². The van der Waals surface area contributed by atoms with Crippen LogP contribution in [0.5, 0.6) is 12.0 Å². The Morgan fingerprint density at radius 1 is 0.884 bits per heavy atom. The Morgan fingerprint density at radius 2 is 1.47 bits per heavy atom. The molecule has 0 unspecified atom stereocenters. The molecule has 1 aliphatic heterocycles. The predicted octanol–water partition coefficient (Wildman–Crippen LogP) is 4.82. The largest absolute Gasteiger partial charge is 0.467 e. The predicted molar refractivity (Wildman–Crippen MR) is 162 cm³/mol. The average Bonchev–Trinajstić information content (AvgIpc) is 3.58. The van der Waals surface area contributed by atoms with Crippen molar-refractivity contribution in [1.29, 1.82) is 0 Å². The first kappa shape index (κ1) is 28.9. The van der Waals surface area contributed by atoms with Crippen molar-refractivity contribution in [1.82, 2.24) is 29.8 Å². The van der Waals surface area contributed by atoms with E-state index >= 15 is 0 Å². The zero-order chi connectivity index (χ0) is 30.3. The number of rotatable bonds is 9. The van der Waals surface area contributed by atoms with E-state index in [9.17, 15) is 9.59 Å². The lowest BCUT2D eigenvalue weighted by Crippen LogP contribution is -2.44. The third-order valence-corrected chi connectivity index (χ3v) is 8.88. The quantitative estimate of drug-likeness (QED) is 0.237. The molecule has 3 atom stereocenters. The van der Waals surface area contributed by atoms with Crippen molar-refractivity contribution >= 4 is 27.6 Å². The van der Waals surface area contributed by atoms with Gasteiger partial charge in [-0.1, -0.05) is 25.1 Å². The van der Waals surface area contributed by atoms with E-state index < -0.39 is 6.04 Å². The highest BCUT2D eigenvalue weighted by atomic mass is 79.9. The highest BCUT2D eigenvalue weighted by Gasteiger charge is 2.64. The summed E-state index contributed by atoms with van der Waals surface area (Å²) < 4.78 is 10.9. The minimum Gasteiger partial charge on any atom is -0.467 e. The summed E-state index contributed by atoms with van der Waals surface area (Å²) in [5.41, 5.74) is 5.67. The van der Waals surface area contributed by atoms with Gasteiger partial charge in [-0.3, -0.25) is 9.59 Å². The van der Waals surface area contributed by atoms with Crippen LogP contribution in [0.4, 0.5) is 0 Å². The number of fused-ring (bicyclic) bond motifs is 1. The summed E-state index contributed by atoms with van der Waals surface area (Å²) >= 11 is 3.41. The SMILES string of the molecule is COc1ncc(-c2cc(CC(=O)N3[C@H](C(=O)Cc4nc(Br)ccc4C)C[C@@]4(C)C[C@@H]34)cc(-c3cnc(OC)nc3)c2)cn1. The fraction of sp³-hybridized carbons (Fsp3) is 0.344. The van der Waals surface area contributed by atoms with Crippen molar-refractivity contribution in [2.24, 2.45) is 5.41 Å². The van der Waals surface area contributed by atoms with Crippen LogP contribution < -0.4 is 9.47 Å². The Balaban J connectivity index is 1.30. The molecule has 1 aromatic carbocycles. The number of Topliss-reactive ketones (excluding diaryl/α,β-unsaturated/α-hetero) is 1. The number of ketones is 1. The second-order valence-electron chi connectivity index (χ2n) is 11.4. The molecule has 11 heteroatoms. The van der Waals surface area contributed by atoms with Crippen LogP contribution in [0.3, 0.4) is 0 Å². The number of hydrogen-bond acceptors (Lipinski definition) is 9. The van der Waals surface area contributed by atoms with Crippen molar-refractivity contribution in [3.8, 4) is 34.3 Å². The number of hydrogen-bond donors (Lipinski definition) is 0. The van der Waals surface area contributed by atoms with E-state index in [0.717, 1.165) is 45.5 Å². The van der Waals surface area contributed by atoms with E-state index in [1.165, 1.54) is 14.2 Å². The van der Waals surface area contributed by atoms with Crippen LogP contribution in [0, 0.1) is 12.3 Å². The molecule has 220 valence electrons. The van der Waals surface area contributed by atoms with Crippen LogP contribution in [0.2, 0.25) is 0 Å². The highest BCUT2D eigenvalue weighted by Crippen LogP contribution is 2.59. The standard InChI is InChI=1S/C32H31BrN6O4/c1-18-5-6-28(33)38-24(18)11-26(40)25-12-32(2)13-27(32)39(25)29(41)9-19-7-20(22-14-34-30(42-3)35-15-22)10-21(8-19)23-16-36-31(43-4)37-17-23/h5-8,10,14-17,25,27H,9,11-13H2,1-4H3/t25-,27+,32-/m0/s1. The van der Waals surface area contributed by atoms with Crippen molar-refractivity contribution in [3.05, 3.63) is 76.5 Å². The van der Waals surface area contributed by atoms with Gasteiger partial charge in [0.1, 0.15) is 4.60 Å². The lowest BCUT2D eigenvalue weighted by Gasteiger charge is -2.27. The molecule has 1 aliphatic carbocycles. The number of aromatic nitrogens is 5. The number of piperidine rings is 1. The smallest absolute Gasteiger partial charge is 0.316 e. The lowest BCUT2D eigenvalue weighted by atomic mass is 9.95. The number of pyridine rings is 1. The van der Waals surface area contributed by atoms with E-state index in [1.807, 2.05) is 42.2 Å². The number of benzene rings is 1. The van der Waals surface area contributed by atoms with Gasteiger partial charge in [0.15, 0.2) is 5.78 Å². The van der Waals surface area contributed by atoms with Gasteiger partial charge in [0.05, 0.1) is 38.8 Å². The van der Waals surface area contributed by atoms with Crippen LogP contribution >= 0.6 is 15.9 Å². The first-order valence-electron chi connectivity index (χ1n) is 14.0. The molecule has 2 fully saturated rings. The normalized spacial score (nSPS) is 20.4. The zero-order valence-corrected chi connectivity index (χ0v) is 26.0. The Bertz CT molecular complexity index is 1630. The summed E-state index contributed by atoms with van der Waals surface area (Å²) in [5.74, 6) is -0.0424. The molecule has 43 heavy (non-hydrogen) atoms. The molecule has 0 bridgehead atoms. The highest BCUT2D eigenvalue weighted by molar-refractivity contribution is 9.10. The Labute approximate surface area is 258 Å². The van der Waals surface area contributed by atoms with Crippen molar-refractivity contribution in [2.75, 3.05) is 14.2 Å². The van der Waals surface area contributed by atoms with Crippen LogP contribution in [0.1, 0.15) is 36.6 Å². The van der Waals surface area contributed by atoms with Gasteiger partial charge in [0, 0.05) is 42.0 Å². The minimum atomic E-state index is -0.468.